The molecule has 0 aromatic heterocycles. The van der Waals surface area contributed by atoms with Crippen molar-refractivity contribution in [2.75, 3.05) is 13.3 Å². The van der Waals surface area contributed by atoms with Crippen molar-refractivity contribution in [1.82, 2.24) is 16.0 Å². The van der Waals surface area contributed by atoms with E-state index in [2.05, 4.69) is 16.0 Å². The van der Waals surface area contributed by atoms with Crippen molar-refractivity contribution >= 4 is 25.1 Å². The smallest absolute Gasteiger partial charge is 0.243 e. The Hall–Kier alpha value is -2.22. The molecule has 0 heterocycles. The molecular formula is C33H54N3O6P. The molecule has 43 heavy (non-hydrogen) atoms. The highest BCUT2D eigenvalue weighted by molar-refractivity contribution is 7.59. The molecule has 1 aromatic carbocycles. The summed E-state index contributed by atoms with van der Waals surface area (Å²) in [5, 5.41) is 20.2. The number of aliphatic hydroxyl groups is 1. The van der Waals surface area contributed by atoms with Crippen molar-refractivity contribution in [3.8, 4) is 0 Å². The maximum atomic E-state index is 13.8. The number of rotatable bonds is 16. The average Bonchev–Trinajstić information content (AvgIpc) is 3.55. The normalized spacial score (nSPS) is 20.5. The standard InChI is InChI=1S/C33H54N3O6P/c1-5-43(41,42-4)33(40)29(22-25-16-10-7-11-17-25)36-31(38)27(20-23(2)3)35-32(39)28(21-24-14-8-6-9-15-24)34-30(37)26-18-12-13-19-26/h6,8-9,14-15,23,25-29,33,40H,5,7,10-13,16-22H2,1-4H3,(H,34,37)(H,35,39)(H,36,38)/t27-,28-,29-,33-,43?/m0/s1. The minimum atomic E-state index is -3.41. The predicted molar refractivity (Wildman–Crippen MR) is 170 cm³/mol. The second-order valence-electron chi connectivity index (χ2n) is 12.9. The molecule has 242 valence electrons. The van der Waals surface area contributed by atoms with Gasteiger partial charge in [-0.25, -0.2) is 0 Å². The van der Waals surface area contributed by atoms with Gasteiger partial charge < -0.3 is 25.6 Å². The van der Waals surface area contributed by atoms with Gasteiger partial charge in [-0.1, -0.05) is 96.0 Å². The molecule has 3 rings (SSSR count). The van der Waals surface area contributed by atoms with E-state index in [1.54, 1.807) is 6.92 Å². The van der Waals surface area contributed by atoms with Gasteiger partial charge in [-0.2, -0.15) is 0 Å². The van der Waals surface area contributed by atoms with E-state index < -0.39 is 43.2 Å². The summed E-state index contributed by atoms with van der Waals surface area (Å²) in [6.45, 7) is 5.65. The van der Waals surface area contributed by atoms with Gasteiger partial charge in [0, 0.05) is 25.6 Å². The summed E-state index contributed by atoms with van der Waals surface area (Å²) >= 11 is 0. The van der Waals surface area contributed by atoms with Gasteiger partial charge in [0.2, 0.25) is 25.1 Å². The Labute approximate surface area is 258 Å². The lowest BCUT2D eigenvalue weighted by molar-refractivity contribution is -0.133. The van der Waals surface area contributed by atoms with Crippen LogP contribution in [0.3, 0.4) is 0 Å². The number of aliphatic hydroxyl groups excluding tert-OH is 1. The highest BCUT2D eigenvalue weighted by Gasteiger charge is 2.40. The lowest BCUT2D eigenvalue weighted by Gasteiger charge is -2.34. The molecule has 4 N–H and O–H groups in total. The molecule has 1 aromatic rings. The van der Waals surface area contributed by atoms with Gasteiger partial charge in [0.25, 0.3) is 0 Å². The Kier molecular flexibility index (Phi) is 14.2. The first-order valence-electron chi connectivity index (χ1n) is 16.3. The predicted octanol–water partition coefficient (Wildman–Crippen LogP) is 5.15. The zero-order valence-electron chi connectivity index (χ0n) is 26.6. The lowest BCUT2D eigenvalue weighted by Crippen LogP contribution is -2.57. The number of hydrogen-bond acceptors (Lipinski definition) is 6. The zero-order chi connectivity index (χ0) is 31.4. The van der Waals surface area contributed by atoms with Crippen molar-refractivity contribution < 1.29 is 28.6 Å². The Morgan fingerprint density at radius 3 is 2.09 bits per heavy atom. The second-order valence-corrected chi connectivity index (χ2v) is 15.9. The number of carbonyl (C=O) groups is 3. The van der Waals surface area contributed by atoms with Crippen molar-refractivity contribution in [3.63, 3.8) is 0 Å². The number of hydrogen-bond donors (Lipinski definition) is 4. The van der Waals surface area contributed by atoms with Crippen LogP contribution in [0.4, 0.5) is 0 Å². The maximum Gasteiger partial charge on any atom is 0.243 e. The van der Waals surface area contributed by atoms with E-state index >= 15 is 0 Å². The van der Waals surface area contributed by atoms with Crippen LogP contribution in [0.5, 0.6) is 0 Å². The minimum Gasteiger partial charge on any atom is -0.381 e. The number of nitrogens with one attached hydrogen (secondary N) is 3. The van der Waals surface area contributed by atoms with E-state index in [4.69, 9.17) is 4.52 Å². The van der Waals surface area contributed by atoms with Gasteiger partial charge in [-0.3, -0.25) is 18.9 Å². The van der Waals surface area contributed by atoms with Gasteiger partial charge in [0.15, 0.2) is 5.85 Å². The molecule has 2 fully saturated rings. The maximum absolute atomic E-state index is 13.8. The largest absolute Gasteiger partial charge is 0.381 e. The third-order valence-electron chi connectivity index (χ3n) is 9.13. The monoisotopic (exact) mass is 619 g/mol. The topological polar surface area (TPSA) is 134 Å². The van der Waals surface area contributed by atoms with E-state index in [1.807, 2.05) is 44.2 Å². The summed E-state index contributed by atoms with van der Waals surface area (Å²) in [6.07, 6.45) is 10.3. The van der Waals surface area contributed by atoms with Crippen LogP contribution < -0.4 is 16.0 Å². The molecule has 1 unspecified atom stereocenters. The van der Waals surface area contributed by atoms with E-state index in [0.29, 0.717) is 25.2 Å². The molecule has 10 heteroatoms. The molecule has 2 saturated carbocycles. The van der Waals surface area contributed by atoms with Crippen LogP contribution in [0.15, 0.2) is 30.3 Å². The molecular weight excluding hydrogens is 565 g/mol. The Morgan fingerprint density at radius 1 is 0.907 bits per heavy atom. The van der Waals surface area contributed by atoms with Crippen LogP contribution in [-0.4, -0.2) is 60.1 Å². The van der Waals surface area contributed by atoms with Gasteiger partial charge in [-0.15, -0.1) is 0 Å². The summed E-state index contributed by atoms with van der Waals surface area (Å²) in [7, 11) is -2.08. The fourth-order valence-corrected chi connectivity index (χ4v) is 8.12. The number of benzene rings is 1. The third kappa shape index (κ3) is 10.7. The first-order chi connectivity index (χ1) is 20.6. The van der Waals surface area contributed by atoms with Gasteiger partial charge in [-0.05, 0) is 43.1 Å². The highest BCUT2D eigenvalue weighted by Crippen LogP contribution is 2.51. The number of amides is 3. The van der Waals surface area contributed by atoms with Crippen molar-refractivity contribution in [3.05, 3.63) is 35.9 Å². The Bertz CT molecular complexity index is 1060. The minimum absolute atomic E-state index is 0.0825. The Balaban J connectivity index is 1.80. The van der Waals surface area contributed by atoms with E-state index in [0.717, 1.165) is 56.9 Å². The molecule has 0 saturated heterocycles. The SMILES string of the molecule is CCP(=O)(OC)[C@H](O)[C@H](CC1CCCCC1)NC(=O)[C@H](CC(C)C)NC(=O)[C@H](Cc1ccccc1)NC(=O)C1CCCC1. The number of carbonyl (C=O) groups excluding carboxylic acids is 3. The molecule has 3 amide bonds. The molecule has 0 spiro atoms. The zero-order valence-corrected chi connectivity index (χ0v) is 27.5. The summed E-state index contributed by atoms with van der Waals surface area (Å²) < 4.78 is 18.7. The second kappa shape index (κ2) is 17.3. The third-order valence-corrected chi connectivity index (χ3v) is 11.8. The molecule has 2 aliphatic carbocycles. The van der Waals surface area contributed by atoms with Crippen LogP contribution in [0.25, 0.3) is 0 Å². The average molecular weight is 620 g/mol. The first kappa shape index (κ1) is 35.3. The van der Waals surface area contributed by atoms with E-state index in [-0.39, 0.29) is 23.9 Å². The molecule has 9 nitrogen and oxygen atoms in total. The summed E-state index contributed by atoms with van der Waals surface area (Å²) in [5.41, 5.74) is 0.907. The van der Waals surface area contributed by atoms with Crippen LogP contribution >= 0.6 is 7.37 Å². The fourth-order valence-electron chi connectivity index (χ4n) is 6.53. The fraction of sp³-hybridized carbons (Fsp3) is 0.727. The molecule has 0 aliphatic heterocycles. The summed E-state index contributed by atoms with van der Waals surface area (Å²) in [4.78, 5) is 40.7. The van der Waals surface area contributed by atoms with Crippen LogP contribution in [0.2, 0.25) is 0 Å². The van der Waals surface area contributed by atoms with Crippen LogP contribution in [0, 0.1) is 17.8 Å². The summed E-state index contributed by atoms with van der Waals surface area (Å²) in [5.74, 6) is -2.03. The van der Waals surface area contributed by atoms with Crippen molar-refractivity contribution in [1.29, 1.82) is 0 Å². The Morgan fingerprint density at radius 2 is 1.51 bits per heavy atom. The van der Waals surface area contributed by atoms with Gasteiger partial charge >= 0.3 is 0 Å². The van der Waals surface area contributed by atoms with E-state index in [9.17, 15) is 24.1 Å². The van der Waals surface area contributed by atoms with Gasteiger partial charge in [0.1, 0.15) is 12.1 Å². The van der Waals surface area contributed by atoms with Crippen LogP contribution in [0.1, 0.15) is 97.0 Å². The van der Waals surface area contributed by atoms with Crippen molar-refractivity contribution in [2.45, 2.75) is 122 Å². The van der Waals surface area contributed by atoms with E-state index in [1.165, 1.54) is 13.5 Å². The summed E-state index contributed by atoms with van der Waals surface area (Å²) in [6, 6.07) is 7.02. The highest BCUT2D eigenvalue weighted by atomic mass is 31.2. The molecule has 2 aliphatic rings. The quantitative estimate of drug-likeness (QED) is 0.189. The molecule has 0 radical (unpaired) electrons. The van der Waals surface area contributed by atoms with Gasteiger partial charge in [0.05, 0.1) is 6.04 Å². The van der Waals surface area contributed by atoms with Crippen LogP contribution in [-0.2, 0) is 29.9 Å². The molecule has 0 bridgehead atoms. The first-order valence-corrected chi connectivity index (χ1v) is 18.2. The van der Waals surface area contributed by atoms with Crippen molar-refractivity contribution in [2.24, 2.45) is 17.8 Å². The molecule has 5 atom stereocenters. The lowest BCUT2D eigenvalue weighted by atomic mass is 9.85.